The van der Waals surface area contributed by atoms with E-state index in [2.05, 4.69) is 12.2 Å². The first-order chi connectivity index (χ1) is 10.4. The summed E-state index contributed by atoms with van der Waals surface area (Å²) >= 11 is 0. The molecular formula is C9H10N4O9S. The lowest BCUT2D eigenvalue weighted by Gasteiger charge is -2.01. The zero-order chi connectivity index (χ0) is 17.9. The second-order valence-corrected chi connectivity index (χ2v) is 5.73. The minimum absolute atomic E-state index is 0.204. The van der Waals surface area contributed by atoms with Crippen molar-refractivity contribution in [3.63, 3.8) is 0 Å². The summed E-state index contributed by atoms with van der Waals surface area (Å²) < 4.78 is 30.7. The molecule has 0 spiro atoms. The molecule has 126 valence electrons. The molecule has 2 rings (SSSR count). The summed E-state index contributed by atoms with van der Waals surface area (Å²) in [7, 11) is -5.30. The minimum Gasteiger partial charge on any atom is -0.311 e. The molecule has 1 saturated heterocycles. The lowest BCUT2D eigenvalue weighted by Crippen LogP contribution is -2.08. The molecular weight excluding hydrogens is 340 g/mol. The summed E-state index contributed by atoms with van der Waals surface area (Å²) in [6.45, 7) is 3.40. The molecule has 1 aliphatic heterocycles. The number of benzene rings is 1. The van der Waals surface area contributed by atoms with E-state index in [9.17, 15) is 38.8 Å². The average Bonchev–Trinajstić information content (AvgIpc) is 3.18. The minimum atomic E-state index is -5.30. The Labute approximate surface area is 128 Å². The van der Waals surface area contributed by atoms with E-state index >= 15 is 0 Å². The summed E-state index contributed by atoms with van der Waals surface area (Å²) in [6, 6.07) is 1.24. The molecule has 1 heterocycles. The molecule has 0 radical (unpaired) electrons. The van der Waals surface area contributed by atoms with E-state index in [1.54, 1.807) is 0 Å². The highest BCUT2D eigenvalue weighted by molar-refractivity contribution is 7.86. The van der Waals surface area contributed by atoms with Crippen LogP contribution in [0.25, 0.3) is 0 Å². The molecule has 1 aromatic carbocycles. The number of hydrogen-bond donors (Lipinski definition) is 2. The predicted octanol–water partition coefficient (Wildman–Crippen LogP) is 0.636. The highest BCUT2D eigenvalue weighted by Gasteiger charge is 2.37. The number of nitrogens with zero attached hydrogens (tertiary/aromatic N) is 3. The van der Waals surface area contributed by atoms with Crippen molar-refractivity contribution in [3.8, 4) is 0 Å². The van der Waals surface area contributed by atoms with Crippen LogP contribution < -0.4 is 5.32 Å². The normalized spacial score (nSPS) is 16.0. The molecule has 0 aromatic heterocycles. The Morgan fingerprint density at radius 1 is 1.09 bits per heavy atom. The summed E-state index contributed by atoms with van der Waals surface area (Å²) in [6.07, 6.45) is 0. The fourth-order valence-electron chi connectivity index (χ4n) is 1.34. The fraction of sp³-hybridized carbons (Fsp3) is 0.333. The molecule has 14 heteroatoms. The highest BCUT2D eigenvalue weighted by atomic mass is 32.2. The van der Waals surface area contributed by atoms with Gasteiger partial charge in [0.1, 0.15) is 0 Å². The number of nitrogens with one attached hydrogen (secondary N) is 1. The van der Waals surface area contributed by atoms with Crippen molar-refractivity contribution in [2.45, 2.75) is 17.9 Å². The molecule has 0 aliphatic carbocycles. The van der Waals surface area contributed by atoms with Crippen LogP contribution in [0.2, 0.25) is 0 Å². The summed E-state index contributed by atoms with van der Waals surface area (Å²) in [4.78, 5) is 26.1. The third-order valence-corrected chi connectivity index (χ3v) is 3.44. The maximum Gasteiger partial charge on any atom is 0.308 e. The summed E-state index contributed by atoms with van der Waals surface area (Å²) in [5, 5.41) is 34.8. The monoisotopic (exact) mass is 350 g/mol. The van der Waals surface area contributed by atoms with Gasteiger partial charge in [0, 0.05) is 12.6 Å². The molecule has 1 unspecified atom stereocenters. The Morgan fingerprint density at radius 2 is 1.43 bits per heavy atom. The molecule has 1 aromatic rings. The summed E-state index contributed by atoms with van der Waals surface area (Å²) in [5.41, 5.74) is -3.96. The zero-order valence-corrected chi connectivity index (χ0v) is 12.2. The van der Waals surface area contributed by atoms with Gasteiger partial charge in [-0.3, -0.25) is 34.9 Å². The van der Waals surface area contributed by atoms with E-state index < -0.39 is 46.8 Å². The highest BCUT2D eigenvalue weighted by Crippen LogP contribution is 2.36. The predicted molar refractivity (Wildman–Crippen MR) is 73.7 cm³/mol. The van der Waals surface area contributed by atoms with Gasteiger partial charge in [0.2, 0.25) is 4.90 Å². The van der Waals surface area contributed by atoms with E-state index in [0.717, 1.165) is 6.04 Å². The van der Waals surface area contributed by atoms with Crippen molar-refractivity contribution in [2.24, 2.45) is 0 Å². The maximum absolute atomic E-state index is 10.9. The van der Waals surface area contributed by atoms with E-state index in [1.165, 1.54) is 6.54 Å². The first-order valence-electron chi connectivity index (χ1n) is 5.77. The molecule has 0 saturated carbocycles. The van der Waals surface area contributed by atoms with Gasteiger partial charge >= 0.3 is 21.5 Å². The van der Waals surface area contributed by atoms with E-state index in [0.29, 0.717) is 0 Å². The second-order valence-electron chi connectivity index (χ2n) is 4.37. The van der Waals surface area contributed by atoms with Crippen molar-refractivity contribution in [1.29, 1.82) is 0 Å². The lowest BCUT2D eigenvalue weighted by atomic mass is 10.2. The quantitative estimate of drug-likeness (QED) is 0.335. The molecule has 1 fully saturated rings. The Kier molecular flexibility index (Phi) is 5.26. The third-order valence-electron chi connectivity index (χ3n) is 2.51. The van der Waals surface area contributed by atoms with E-state index in [4.69, 9.17) is 4.55 Å². The number of hydrogen-bond acceptors (Lipinski definition) is 9. The van der Waals surface area contributed by atoms with Gasteiger partial charge in [-0.15, -0.1) is 0 Å². The van der Waals surface area contributed by atoms with Crippen molar-refractivity contribution in [1.82, 2.24) is 5.32 Å². The topological polar surface area (TPSA) is 206 Å². The first-order valence-corrected chi connectivity index (χ1v) is 7.21. The Morgan fingerprint density at radius 3 is 1.61 bits per heavy atom. The van der Waals surface area contributed by atoms with Crippen LogP contribution in [0.4, 0.5) is 17.1 Å². The zero-order valence-electron chi connectivity index (χ0n) is 11.4. The fourth-order valence-corrected chi connectivity index (χ4v) is 2.14. The van der Waals surface area contributed by atoms with Crippen LogP contribution in [0.15, 0.2) is 17.0 Å². The van der Waals surface area contributed by atoms with Crippen molar-refractivity contribution >= 4 is 27.2 Å². The third kappa shape index (κ3) is 4.90. The molecule has 1 atom stereocenters. The smallest absolute Gasteiger partial charge is 0.308 e. The average molecular weight is 350 g/mol. The second kappa shape index (κ2) is 6.59. The molecule has 2 N–H and O–H groups in total. The number of nitro groups is 3. The number of nitro benzene ring substituents is 3. The molecule has 1 aliphatic rings. The van der Waals surface area contributed by atoms with Gasteiger partial charge in [-0.2, -0.15) is 8.42 Å². The van der Waals surface area contributed by atoms with Gasteiger partial charge in [0.25, 0.3) is 5.69 Å². The SMILES string of the molecule is CC1CN1.O=[N+]([O-])c1cc([N+](=O)[O-])c(S(=O)(=O)O)c([N+](=O)[O-])c1. The molecule has 13 nitrogen and oxygen atoms in total. The number of non-ortho nitro benzene ring substituents is 1. The van der Waals surface area contributed by atoms with Crippen molar-refractivity contribution in [3.05, 3.63) is 42.5 Å². The van der Waals surface area contributed by atoms with E-state index in [-0.39, 0.29) is 12.1 Å². The lowest BCUT2D eigenvalue weighted by molar-refractivity contribution is -0.407. The Bertz CT molecular complexity index is 736. The van der Waals surface area contributed by atoms with Crippen LogP contribution in [0.1, 0.15) is 6.92 Å². The summed E-state index contributed by atoms with van der Waals surface area (Å²) in [5.74, 6) is 0. The van der Waals surface area contributed by atoms with Crippen LogP contribution in [0.3, 0.4) is 0 Å². The van der Waals surface area contributed by atoms with Gasteiger partial charge in [-0.05, 0) is 6.92 Å². The van der Waals surface area contributed by atoms with Gasteiger partial charge in [-0.1, -0.05) is 0 Å². The largest absolute Gasteiger partial charge is 0.311 e. The maximum atomic E-state index is 10.9. The first kappa shape index (κ1) is 18.3. The van der Waals surface area contributed by atoms with E-state index in [1.807, 2.05) is 0 Å². The van der Waals surface area contributed by atoms with Crippen LogP contribution >= 0.6 is 0 Å². The van der Waals surface area contributed by atoms with Crippen LogP contribution in [0.5, 0.6) is 0 Å². The Balaban J connectivity index is 0.000000570. The van der Waals surface area contributed by atoms with Gasteiger partial charge < -0.3 is 5.32 Å². The van der Waals surface area contributed by atoms with Crippen LogP contribution in [0, 0.1) is 30.3 Å². The van der Waals surface area contributed by atoms with Crippen LogP contribution in [-0.2, 0) is 10.1 Å². The van der Waals surface area contributed by atoms with Crippen molar-refractivity contribution < 1.29 is 27.7 Å². The Hall–Kier alpha value is -2.71. The van der Waals surface area contributed by atoms with Crippen molar-refractivity contribution in [2.75, 3.05) is 6.54 Å². The van der Waals surface area contributed by atoms with Crippen LogP contribution in [-0.4, -0.2) is 40.3 Å². The molecule has 23 heavy (non-hydrogen) atoms. The molecule has 0 bridgehead atoms. The van der Waals surface area contributed by atoms with Gasteiger partial charge in [0.05, 0.1) is 26.9 Å². The van der Waals surface area contributed by atoms with Gasteiger partial charge in [-0.25, -0.2) is 0 Å². The standard InChI is InChI=1S/C6H3N3O9S.C3H7N/c10-7(11)3-1-4(8(12)13)6(19(16,17)18)5(2-3)9(14)15;1-3-2-4-3/h1-2H,(H,16,17,18);3-4H,2H2,1H3. The van der Waals surface area contributed by atoms with Gasteiger partial charge in [0.15, 0.2) is 0 Å². The molecule has 0 amide bonds. The number of rotatable bonds is 4.